The first-order chi connectivity index (χ1) is 13.1. The molecule has 1 saturated heterocycles. The minimum atomic E-state index is -0.439. The highest BCUT2D eigenvalue weighted by atomic mass is 16.4. The van der Waals surface area contributed by atoms with Crippen LogP contribution < -0.4 is 10.7 Å². The Morgan fingerprint density at radius 2 is 1.81 bits per heavy atom. The molecule has 0 aliphatic carbocycles. The predicted molar refractivity (Wildman–Crippen MR) is 105 cm³/mol. The zero-order valence-electron chi connectivity index (χ0n) is 15.4. The van der Waals surface area contributed by atoms with E-state index in [9.17, 15) is 9.59 Å². The summed E-state index contributed by atoms with van der Waals surface area (Å²) < 4.78 is 5.05. The van der Waals surface area contributed by atoms with E-state index in [1.54, 1.807) is 0 Å². The molecule has 0 atom stereocenters. The number of oxazole rings is 1. The molecule has 27 heavy (non-hydrogen) atoms. The van der Waals surface area contributed by atoms with Gasteiger partial charge in [0.05, 0.1) is 5.52 Å². The average Bonchev–Trinajstić information content (AvgIpc) is 3.06. The Labute approximate surface area is 157 Å². The van der Waals surface area contributed by atoms with Crippen molar-refractivity contribution in [2.24, 2.45) is 0 Å². The minimum Gasteiger partial charge on any atom is -0.408 e. The molecule has 0 saturated carbocycles. The third-order valence-corrected chi connectivity index (χ3v) is 5.15. The van der Waals surface area contributed by atoms with Crippen molar-refractivity contribution in [3.8, 4) is 0 Å². The van der Waals surface area contributed by atoms with Crippen LogP contribution in [0.4, 0.5) is 5.69 Å². The number of fused-ring (bicyclic) bond motifs is 1. The van der Waals surface area contributed by atoms with Gasteiger partial charge >= 0.3 is 5.76 Å². The van der Waals surface area contributed by atoms with E-state index in [2.05, 4.69) is 41.1 Å². The van der Waals surface area contributed by atoms with Crippen molar-refractivity contribution in [1.82, 2.24) is 9.88 Å². The number of anilines is 1. The molecule has 1 amide bonds. The van der Waals surface area contributed by atoms with E-state index in [0.717, 1.165) is 25.2 Å². The lowest BCUT2D eigenvalue weighted by molar-refractivity contribution is -0.131. The molecular weight excluding hydrogens is 342 g/mol. The van der Waals surface area contributed by atoms with Crippen molar-refractivity contribution in [3.63, 3.8) is 0 Å². The molecule has 1 aromatic heterocycles. The number of carbonyl (C=O) groups excluding carboxylic acids is 1. The summed E-state index contributed by atoms with van der Waals surface area (Å²) in [6.07, 6.45) is 1.33. The quantitative estimate of drug-likeness (QED) is 0.772. The summed E-state index contributed by atoms with van der Waals surface area (Å²) in [7, 11) is 0. The van der Waals surface area contributed by atoms with E-state index in [0.29, 0.717) is 30.6 Å². The Kier molecular flexibility index (Phi) is 4.71. The summed E-state index contributed by atoms with van der Waals surface area (Å²) in [6, 6.07) is 14.0. The lowest BCUT2D eigenvalue weighted by Gasteiger charge is -2.36. The summed E-state index contributed by atoms with van der Waals surface area (Å²) >= 11 is 0. The van der Waals surface area contributed by atoms with Gasteiger partial charge in [-0.1, -0.05) is 29.8 Å². The number of amides is 1. The molecule has 140 valence electrons. The molecule has 2 aromatic carbocycles. The van der Waals surface area contributed by atoms with Gasteiger partial charge in [0.2, 0.25) is 5.91 Å². The first kappa shape index (κ1) is 17.4. The van der Waals surface area contributed by atoms with Crippen LogP contribution in [0.15, 0.2) is 51.7 Å². The molecule has 0 unspecified atom stereocenters. The first-order valence-corrected chi connectivity index (χ1v) is 9.30. The number of nitrogens with zero attached hydrogens (tertiary/aromatic N) is 2. The molecule has 6 heteroatoms. The van der Waals surface area contributed by atoms with Crippen LogP contribution in [0, 0.1) is 6.92 Å². The molecule has 2 heterocycles. The van der Waals surface area contributed by atoms with Crippen molar-refractivity contribution < 1.29 is 9.21 Å². The highest BCUT2D eigenvalue weighted by molar-refractivity contribution is 5.78. The fourth-order valence-corrected chi connectivity index (χ4v) is 3.51. The molecule has 0 bridgehead atoms. The maximum atomic E-state index is 12.5. The van der Waals surface area contributed by atoms with Crippen molar-refractivity contribution in [2.75, 3.05) is 31.1 Å². The van der Waals surface area contributed by atoms with Gasteiger partial charge < -0.3 is 14.2 Å². The number of aromatic nitrogens is 1. The topological polar surface area (TPSA) is 69.6 Å². The van der Waals surface area contributed by atoms with Gasteiger partial charge in [0.15, 0.2) is 5.58 Å². The number of benzene rings is 2. The molecule has 1 fully saturated rings. The van der Waals surface area contributed by atoms with E-state index in [1.807, 2.05) is 23.1 Å². The third kappa shape index (κ3) is 3.89. The van der Waals surface area contributed by atoms with Crippen LogP contribution in [-0.4, -0.2) is 42.0 Å². The Morgan fingerprint density at radius 1 is 1.07 bits per heavy atom. The normalized spacial score (nSPS) is 14.7. The van der Waals surface area contributed by atoms with Gasteiger partial charge in [-0.05, 0) is 37.1 Å². The lowest BCUT2D eigenvalue weighted by atomic mass is 10.1. The van der Waals surface area contributed by atoms with Crippen LogP contribution in [0.25, 0.3) is 11.1 Å². The Balaban J connectivity index is 1.32. The number of rotatable bonds is 4. The standard InChI is InChI=1S/C21H23N3O3/c1-15-2-4-16(5-3-15)6-9-20(25)24-12-10-23(11-13-24)17-7-8-19-18(14-17)22-21(26)27-19/h2-5,7-8,14H,6,9-13H2,1H3,(H,22,26). The van der Waals surface area contributed by atoms with Crippen LogP contribution in [0.2, 0.25) is 0 Å². The van der Waals surface area contributed by atoms with Gasteiger partial charge in [-0.25, -0.2) is 4.79 Å². The second kappa shape index (κ2) is 7.31. The summed E-state index contributed by atoms with van der Waals surface area (Å²) in [5.41, 5.74) is 4.74. The van der Waals surface area contributed by atoms with Crippen molar-refractivity contribution in [1.29, 1.82) is 0 Å². The van der Waals surface area contributed by atoms with Gasteiger partial charge in [0.25, 0.3) is 0 Å². The number of hydrogen-bond acceptors (Lipinski definition) is 4. The smallest absolute Gasteiger partial charge is 0.408 e. The molecule has 6 nitrogen and oxygen atoms in total. The largest absolute Gasteiger partial charge is 0.417 e. The number of carbonyl (C=O) groups is 1. The zero-order valence-corrected chi connectivity index (χ0v) is 15.4. The molecule has 1 N–H and O–H groups in total. The fraction of sp³-hybridized carbons (Fsp3) is 0.333. The van der Waals surface area contributed by atoms with E-state index in [1.165, 1.54) is 11.1 Å². The van der Waals surface area contributed by atoms with Gasteiger partial charge in [-0.15, -0.1) is 0 Å². The third-order valence-electron chi connectivity index (χ3n) is 5.15. The molecule has 3 aromatic rings. The number of aromatic amines is 1. The average molecular weight is 365 g/mol. The van der Waals surface area contributed by atoms with Crippen LogP contribution in [0.5, 0.6) is 0 Å². The predicted octanol–water partition coefficient (Wildman–Crippen LogP) is 2.71. The maximum absolute atomic E-state index is 12.5. The monoisotopic (exact) mass is 365 g/mol. The highest BCUT2D eigenvalue weighted by Gasteiger charge is 2.21. The number of piperazine rings is 1. The number of hydrogen-bond donors (Lipinski definition) is 1. The minimum absolute atomic E-state index is 0.213. The Bertz CT molecular complexity index is 995. The van der Waals surface area contributed by atoms with Crippen LogP contribution >= 0.6 is 0 Å². The van der Waals surface area contributed by atoms with E-state index in [4.69, 9.17) is 4.42 Å². The van der Waals surface area contributed by atoms with E-state index < -0.39 is 5.76 Å². The second-order valence-electron chi connectivity index (χ2n) is 7.05. The number of aryl methyl sites for hydroxylation is 2. The maximum Gasteiger partial charge on any atom is 0.417 e. The summed E-state index contributed by atoms with van der Waals surface area (Å²) in [5.74, 6) is -0.226. The van der Waals surface area contributed by atoms with Gasteiger partial charge in [0.1, 0.15) is 0 Å². The van der Waals surface area contributed by atoms with Crippen molar-refractivity contribution in [2.45, 2.75) is 19.8 Å². The summed E-state index contributed by atoms with van der Waals surface area (Å²) in [6.45, 7) is 5.06. The Hall–Kier alpha value is -3.02. The molecule has 1 aliphatic heterocycles. The molecule has 0 radical (unpaired) electrons. The van der Waals surface area contributed by atoms with Crippen LogP contribution in [0.1, 0.15) is 17.5 Å². The van der Waals surface area contributed by atoms with Crippen molar-refractivity contribution >= 4 is 22.7 Å². The molecule has 4 rings (SSSR count). The van der Waals surface area contributed by atoms with Gasteiger partial charge in [0, 0.05) is 38.3 Å². The number of H-pyrrole nitrogens is 1. The SMILES string of the molecule is Cc1ccc(CCC(=O)N2CCN(c3ccc4oc(=O)[nH]c4c3)CC2)cc1. The first-order valence-electron chi connectivity index (χ1n) is 9.30. The van der Waals surface area contributed by atoms with Crippen molar-refractivity contribution in [3.05, 3.63) is 64.1 Å². The molecular formula is C21H23N3O3. The highest BCUT2D eigenvalue weighted by Crippen LogP contribution is 2.21. The van der Waals surface area contributed by atoms with Gasteiger partial charge in [-0.3, -0.25) is 9.78 Å². The Morgan fingerprint density at radius 3 is 2.56 bits per heavy atom. The lowest BCUT2D eigenvalue weighted by Crippen LogP contribution is -2.48. The second-order valence-corrected chi connectivity index (χ2v) is 7.05. The van der Waals surface area contributed by atoms with E-state index >= 15 is 0 Å². The number of nitrogens with one attached hydrogen (secondary N) is 1. The molecule has 1 aliphatic rings. The van der Waals surface area contributed by atoms with Crippen LogP contribution in [0.3, 0.4) is 0 Å². The van der Waals surface area contributed by atoms with E-state index in [-0.39, 0.29) is 5.91 Å². The summed E-state index contributed by atoms with van der Waals surface area (Å²) in [5, 5.41) is 0. The van der Waals surface area contributed by atoms with Gasteiger partial charge in [-0.2, -0.15) is 0 Å². The fourth-order valence-electron chi connectivity index (χ4n) is 3.51. The molecule has 0 spiro atoms. The zero-order chi connectivity index (χ0) is 18.8. The summed E-state index contributed by atoms with van der Waals surface area (Å²) in [4.78, 5) is 30.7. The van der Waals surface area contributed by atoms with Crippen LogP contribution in [-0.2, 0) is 11.2 Å².